The molecular weight excluding hydrogens is 701 g/mol. The monoisotopic (exact) mass is 744 g/mol. The Hall–Kier alpha value is -7.21. The highest BCUT2D eigenvalue weighted by atomic mass is 32.1. The van der Waals surface area contributed by atoms with Gasteiger partial charge in [0, 0.05) is 53.3 Å². The summed E-state index contributed by atoms with van der Waals surface area (Å²) in [6.45, 7) is 0. The third-order valence-corrected chi connectivity index (χ3v) is 11.1. The molecule has 11 rings (SSSR count). The summed E-state index contributed by atoms with van der Waals surface area (Å²) in [5.41, 5.74) is 2.97. The Kier molecular flexibility index (Phi) is 5.27. The van der Waals surface area contributed by atoms with E-state index in [1.54, 1.807) is 35.6 Å². The topological polar surface area (TPSA) is 43.6 Å². The molecule has 56 heavy (non-hydrogen) atoms. The van der Waals surface area contributed by atoms with Crippen LogP contribution in [0.3, 0.4) is 0 Å². The fourth-order valence-electron chi connectivity index (χ4n) is 7.24. The summed E-state index contributed by atoms with van der Waals surface area (Å²) in [4.78, 5) is 15.3. The maximum atomic E-state index is 9.92. The minimum Gasteiger partial charge on any atom is -0.309 e. The molecule has 0 N–H and O–H groups in total. The molecule has 0 spiro atoms. The number of para-hydroxylation sites is 2. The maximum absolute atomic E-state index is 9.92. The van der Waals surface area contributed by atoms with E-state index < -0.39 is 78.2 Å². The number of aromatic nitrogens is 4. The molecule has 4 nitrogen and oxygen atoms in total. The van der Waals surface area contributed by atoms with Crippen LogP contribution in [0.15, 0.2) is 194 Å². The van der Waals surface area contributed by atoms with Crippen molar-refractivity contribution in [3.63, 3.8) is 0 Å². The molecule has 0 aliphatic rings. The number of nitrogens with zero attached hydrogens (tertiary/aromatic N) is 4. The van der Waals surface area contributed by atoms with Crippen LogP contribution >= 0.6 is 11.3 Å². The van der Waals surface area contributed by atoms with Crippen LogP contribution in [-0.4, -0.2) is 19.5 Å². The fourth-order valence-corrected chi connectivity index (χ4v) is 8.45. The van der Waals surface area contributed by atoms with Crippen LogP contribution in [0.5, 0.6) is 0 Å². The lowest BCUT2D eigenvalue weighted by Crippen LogP contribution is -2.01. The lowest BCUT2D eigenvalue weighted by atomic mass is 9.97. The van der Waals surface area contributed by atoms with Crippen LogP contribution in [0.1, 0.15) is 16.4 Å². The normalized spacial score (nSPS) is 14.6. The van der Waals surface area contributed by atoms with Gasteiger partial charge in [0.1, 0.15) is 0 Å². The first kappa shape index (κ1) is 22.2. The van der Waals surface area contributed by atoms with Gasteiger partial charge in [0.2, 0.25) is 0 Å². The zero-order valence-corrected chi connectivity index (χ0v) is 30.1. The molecule has 3 aromatic heterocycles. The number of thiophene rings is 1. The third kappa shape index (κ3) is 5.40. The Morgan fingerprint density at radius 3 is 1.89 bits per heavy atom. The number of hydrogen-bond acceptors (Lipinski definition) is 4. The molecule has 0 aliphatic carbocycles. The Morgan fingerprint density at radius 2 is 1.04 bits per heavy atom. The van der Waals surface area contributed by atoms with Crippen molar-refractivity contribution in [3.8, 4) is 62.1 Å². The second kappa shape index (κ2) is 13.3. The number of benzene rings is 8. The molecule has 0 amide bonds. The van der Waals surface area contributed by atoms with Gasteiger partial charge in [-0.15, -0.1) is 11.3 Å². The van der Waals surface area contributed by atoms with Crippen LogP contribution in [0.2, 0.25) is 0 Å². The summed E-state index contributed by atoms with van der Waals surface area (Å²) < 4.78 is 111. The largest absolute Gasteiger partial charge is 0.309 e. The SMILES string of the molecule is [2H]c1c([2H])c([2H])c(-n2c3c([2H])c([2H])c([2H])c([2H])c3c3c([2H])c(-c4ccccc4-c4nc(-c5ccc(-c6ccccc6)cc5)nc(-c5cccc6c5sc5ccccc56)n4)c([2H])c([2H])c32)c([2H])c1[2H]. The van der Waals surface area contributed by atoms with Crippen LogP contribution in [0.4, 0.5) is 0 Å². The summed E-state index contributed by atoms with van der Waals surface area (Å²) >= 11 is 1.62. The van der Waals surface area contributed by atoms with Crippen molar-refractivity contribution >= 4 is 53.3 Å². The average molecular weight is 745 g/mol. The molecule has 5 heteroatoms. The fraction of sp³-hybridized carbons (Fsp3) is 0. The predicted octanol–water partition coefficient (Wildman–Crippen LogP) is 13.7. The number of fused-ring (bicyclic) bond motifs is 6. The molecule has 0 radical (unpaired) electrons. The molecule has 0 bridgehead atoms. The van der Waals surface area contributed by atoms with Gasteiger partial charge < -0.3 is 4.57 Å². The van der Waals surface area contributed by atoms with Gasteiger partial charge in [0.15, 0.2) is 17.5 Å². The summed E-state index contributed by atoms with van der Waals surface area (Å²) in [7, 11) is 0. The van der Waals surface area contributed by atoms with E-state index in [0.29, 0.717) is 22.8 Å². The highest BCUT2D eigenvalue weighted by Crippen LogP contribution is 2.41. The Morgan fingerprint density at radius 1 is 0.411 bits per heavy atom. The van der Waals surface area contributed by atoms with Gasteiger partial charge in [-0.1, -0.05) is 151 Å². The third-order valence-electron chi connectivity index (χ3n) is 9.84. The summed E-state index contributed by atoms with van der Waals surface area (Å²) in [6.07, 6.45) is 0. The van der Waals surface area contributed by atoms with Crippen LogP contribution in [-0.2, 0) is 0 Å². The average Bonchev–Trinajstić information content (AvgIpc) is 3.93. The van der Waals surface area contributed by atoms with Gasteiger partial charge in [-0.2, -0.15) is 0 Å². The first-order valence-electron chi connectivity index (χ1n) is 23.8. The van der Waals surface area contributed by atoms with Crippen molar-refractivity contribution < 1.29 is 16.4 Å². The van der Waals surface area contributed by atoms with Crippen molar-refractivity contribution in [1.82, 2.24) is 19.5 Å². The highest BCUT2D eigenvalue weighted by Gasteiger charge is 2.20. The highest BCUT2D eigenvalue weighted by molar-refractivity contribution is 7.26. The van der Waals surface area contributed by atoms with E-state index in [-0.39, 0.29) is 38.8 Å². The van der Waals surface area contributed by atoms with Crippen molar-refractivity contribution in [1.29, 1.82) is 0 Å². The lowest BCUT2D eigenvalue weighted by Gasteiger charge is -2.13. The second-order valence-corrected chi connectivity index (χ2v) is 14.1. The lowest BCUT2D eigenvalue weighted by molar-refractivity contribution is 1.08. The first-order valence-corrected chi connectivity index (χ1v) is 18.6. The van der Waals surface area contributed by atoms with Crippen LogP contribution in [0.25, 0.3) is 104 Å². The van der Waals surface area contributed by atoms with E-state index in [2.05, 4.69) is 18.2 Å². The molecule has 0 saturated heterocycles. The number of hydrogen-bond donors (Lipinski definition) is 0. The molecule has 8 aromatic carbocycles. The van der Waals surface area contributed by atoms with Crippen LogP contribution in [0, 0.1) is 0 Å². The standard InChI is InChI=1S/C51H32N4S/c1-3-14-33(15-4-1)34-26-28-35(29-27-34)49-52-50(54-51(53-49)43-23-13-22-41-40-20-10-12-25-47(40)56-48(41)43)42-21-8-7-18-38(42)36-30-31-46-44(32-36)39-19-9-11-24-45(39)55(46)37-16-5-2-6-17-37/h1-32H/i2D,5D,6D,9D,11D,16D,17D,19D,24D,30D,31D,32D. The maximum Gasteiger partial charge on any atom is 0.165 e. The summed E-state index contributed by atoms with van der Waals surface area (Å²) in [5.74, 6) is 0.916. The zero-order valence-electron chi connectivity index (χ0n) is 41.2. The molecule has 11 aromatic rings. The minimum atomic E-state index is -0.710. The molecule has 3 heterocycles. The second-order valence-electron chi connectivity index (χ2n) is 13.1. The predicted molar refractivity (Wildman–Crippen MR) is 234 cm³/mol. The molecule has 0 fully saturated rings. The smallest absolute Gasteiger partial charge is 0.165 e. The van der Waals surface area contributed by atoms with E-state index in [0.717, 1.165) is 41.4 Å². The molecule has 262 valence electrons. The van der Waals surface area contributed by atoms with Gasteiger partial charge in [0.25, 0.3) is 0 Å². The molecular formula is C51H32N4S. The Labute approximate surface area is 344 Å². The van der Waals surface area contributed by atoms with Crippen molar-refractivity contribution in [2.45, 2.75) is 0 Å². The van der Waals surface area contributed by atoms with Gasteiger partial charge >= 0.3 is 0 Å². The van der Waals surface area contributed by atoms with Crippen molar-refractivity contribution in [2.75, 3.05) is 0 Å². The molecule has 0 saturated carbocycles. The van der Waals surface area contributed by atoms with Gasteiger partial charge in [-0.05, 0) is 64.6 Å². The Balaban J connectivity index is 1.20. The summed E-state index contributed by atoms with van der Waals surface area (Å²) in [6, 6.07) is 31.4. The molecule has 0 aliphatic heterocycles. The van der Waals surface area contributed by atoms with E-state index in [4.69, 9.17) is 27.3 Å². The summed E-state index contributed by atoms with van der Waals surface area (Å²) in [5, 5.41) is 1.75. The van der Waals surface area contributed by atoms with E-state index in [1.165, 1.54) is 0 Å². The first-order chi connectivity index (χ1) is 32.8. The molecule has 0 atom stereocenters. The van der Waals surface area contributed by atoms with E-state index >= 15 is 0 Å². The van der Waals surface area contributed by atoms with E-state index in [1.807, 2.05) is 78.9 Å². The minimum absolute atomic E-state index is 0.0760. The Bertz CT molecular complexity index is 3920. The number of rotatable bonds is 6. The van der Waals surface area contributed by atoms with Crippen molar-refractivity contribution in [3.05, 3.63) is 194 Å². The quantitative estimate of drug-likeness (QED) is 0.170. The molecule has 0 unspecified atom stereocenters. The van der Waals surface area contributed by atoms with Gasteiger partial charge in [0.05, 0.1) is 27.5 Å². The zero-order chi connectivity index (χ0) is 47.4. The van der Waals surface area contributed by atoms with Gasteiger partial charge in [-0.25, -0.2) is 15.0 Å². The van der Waals surface area contributed by atoms with Crippen molar-refractivity contribution in [2.24, 2.45) is 0 Å². The van der Waals surface area contributed by atoms with Crippen LogP contribution < -0.4 is 0 Å². The van der Waals surface area contributed by atoms with E-state index in [9.17, 15) is 4.11 Å². The van der Waals surface area contributed by atoms with Gasteiger partial charge in [-0.3, -0.25) is 0 Å².